The van der Waals surface area contributed by atoms with E-state index in [1.807, 2.05) is 48.5 Å². The number of hydrogen-bond acceptors (Lipinski definition) is 2. The predicted molar refractivity (Wildman–Crippen MR) is 67.0 cm³/mol. The van der Waals surface area contributed by atoms with Gasteiger partial charge in [0, 0.05) is 16.5 Å². The minimum absolute atomic E-state index is 0.680. The van der Waals surface area contributed by atoms with Crippen LogP contribution in [-0.2, 0) is 0 Å². The molecule has 0 saturated heterocycles. The molecule has 0 N–H and O–H groups in total. The zero-order valence-corrected chi connectivity index (χ0v) is 9.09. The third-order valence-corrected chi connectivity index (χ3v) is 2.86. The molecular formula is C15H10O2. The summed E-state index contributed by atoms with van der Waals surface area (Å²) in [6.07, 6.45) is 2.57. The summed E-state index contributed by atoms with van der Waals surface area (Å²) in [4.78, 5) is 11.0. The summed E-state index contributed by atoms with van der Waals surface area (Å²) >= 11 is 0. The van der Waals surface area contributed by atoms with Crippen molar-refractivity contribution in [3.05, 3.63) is 60.4 Å². The van der Waals surface area contributed by atoms with Gasteiger partial charge in [0.1, 0.15) is 5.58 Å². The van der Waals surface area contributed by atoms with Crippen LogP contribution >= 0.6 is 0 Å². The average Bonchev–Trinajstić information content (AvgIpc) is 2.82. The second-order valence-electron chi connectivity index (χ2n) is 3.85. The number of hydrogen-bond donors (Lipinski definition) is 0. The topological polar surface area (TPSA) is 30.2 Å². The van der Waals surface area contributed by atoms with Gasteiger partial charge in [0.2, 0.25) is 0 Å². The quantitative estimate of drug-likeness (QED) is 0.615. The second kappa shape index (κ2) is 3.91. The van der Waals surface area contributed by atoms with Crippen molar-refractivity contribution in [2.24, 2.45) is 0 Å². The van der Waals surface area contributed by atoms with E-state index < -0.39 is 0 Å². The SMILES string of the molecule is O=Cc1ccccc1-c1coc2ccccc12. The lowest BCUT2D eigenvalue weighted by molar-refractivity contribution is 0.112. The Labute approximate surface area is 98.5 Å². The Balaban J connectivity index is 2.31. The maximum Gasteiger partial charge on any atom is 0.150 e. The molecule has 1 heterocycles. The molecule has 0 radical (unpaired) electrons. The molecular weight excluding hydrogens is 212 g/mol. The largest absolute Gasteiger partial charge is 0.464 e. The van der Waals surface area contributed by atoms with Crippen LogP contribution in [0, 0.1) is 0 Å². The van der Waals surface area contributed by atoms with Crippen LogP contribution < -0.4 is 0 Å². The number of furan rings is 1. The number of rotatable bonds is 2. The molecule has 3 aromatic rings. The van der Waals surface area contributed by atoms with Crippen LogP contribution in [0.3, 0.4) is 0 Å². The Bertz CT molecular complexity index is 680. The molecule has 0 aliphatic rings. The van der Waals surface area contributed by atoms with Crippen molar-refractivity contribution in [1.82, 2.24) is 0 Å². The minimum atomic E-state index is 0.680. The molecule has 0 saturated carbocycles. The fraction of sp³-hybridized carbons (Fsp3) is 0. The molecule has 3 rings (SSSR count). The average molecular weight is 222 g/mol. The minimum Gasteiger partial charge on any atom is -0.464 e. The number of fused-ring (bicyclic) bond motifs is 1. The van der Waals surface area contributed by atoms with Crippen LogP contribution in [-0.4, -0.2) is 6.29 Å². The molecule has 0 bridgehead atoms. The first kappa shape index (κ1) is 9.85. The van der Waals surface area contributed by atoms with Gasteiger partial charge in [0.25, 0.3) is 0 Å². The highest BCUT2D eigenvalue weighted by Gasteiger charge is 2.10. The molecule has 0 fully saturated rings. The summed E-state index contributed by atoms with van der Waals surface area (Å²) in [5.41, 5.74) is 3.39. The molecule has 2 aromatic carbocycles. The fourth-order valence-electron chi connectivity index (χ4n) is 2.03. The summed E-state index contributed by atoms with van der Waals surface area (Å²) in [7, 11) is 0. The van der Waals surface area contributed by atoms with Crippen molar-refractivity contribution >= 4 is 17.3 Å². The third-order valence-electron chi connectivity index (χ3n) is 2.86. The first-order chi connectivity index (χ1) is 8.40. The van der Waals surface area contributed by atoms with Gasteiger partial charge in [-0.05, 0) is 11.6 Å². The van der Waals surface area contributed by atoms with Crippen molar-refractivity contribution in [3.8, 4) is 11.1 Å². The summed E-state index contributed by atoms with van der Waals surface area (Å²) in [6.45, 7) is 0. The molecule has 17 heavy (non-hydrogen) atoms. The van der Waals surface area contributed by atoms with E-state index in [2.05, 4.69) is 0 Å². The first-order valence-corrected chi connectivity index (χ1v) is 5.41. The van der Waals surface area contributed by atoms with Gasteiger partial charge in [-0.15, -0.1) is 0 Å². The number of carbonyl (C=O) groups excluding carboxylic acids is 1. The molecule has 0 atom stereocenters. The molecule has 0 aliphatic carbocycles. The molecule has 0 spiro atoms. The molecule has 0 aliphatic heterocycles. The van der Waals surface area contributed by atoms with Crippen LogP contribution in [0.25, 0.3) is 22.1 Å². The lowest BCUT2D eigenvalue weighted by Crippen LogP contribution is -1.85. The zero-order chi connectivity index (χ0) is 11.7. The molecule has 0 unspecified atom stereocenters. The Hall–Kier alpha value is -2.35. The number of carbonyl (C=O) groups is 1. The summed E-state index contributed by atoms with van der Waals surface area (Å²) < 4.78 is 5.49. The Morgan fingerprint density at radius 1 is 0.882 bits per heavy atom. The van der Waals surface area contributed by atoms with Crippen LogP contribution in [0.15, 0.2) is 59.2 Å². The maximum absolute atomic E-state index is 11.0. The maximum atomic E-state index is 11.0. The summed E-state index contributed by atoms with van der Waals surface area (Å²) in [6, 6.07) is 15.3. The van der Waals surface area contributed by atoms with Gasteiger partial charge in [-0.1, -0.05) is 42.5 Å². The highest BCUT2D eigenvalue weighted by atomic mass is 16.3. The van der Waals surface area contributed by atoms with E-state index in [0.29, 0.717) is 5.56 Å². The monoisotopic (exact) mass is 222 g/mol. The highest BCUT2D eigenvalue weighted by Crippen LogP contribution is 2.31. The normalized spacial score (nSPS) is 10.6. The van der Waals surface area contributed by atoms with Crippen molar-refractivity contribution in [2.75, 3.05) is 0 Å². The number of benzene rings is 2. The number of aldehydes is 1. The van der Waals surface area contributed by atoms with E-state index in [1.54, 1.807) is 6.26 Å². The van der Waals surface area contributed by atoms with Gasteiger partial charge in [0.15, 0.2) is 6.29 Å². The van der Waals surface area contributed by atoms with Gasteiger partial charge in [-0.3, -0.25) is 4.79 Å². The van der Waals surface area contributed by atoms with E-state index in [-0.39, 0.29) is 0 Å². The van der Waals surface area contributed by atoms with Crippen LogP contribution in [0.5, 0.6) is 0 Å². The fourth-order valence-corrected chi connectivity index (χ4v) is 2.03. The summed E-state index contributed by atoms with van der Waals surface area (Å²) in [5, 5.41) is 1.03. The van der Waals surface area contributed by atoms with Crippen molar-refractivity contribution in [1.29, 1.82) is 0 Å². The zero-order valence-electron chi connectivity index (χ0n) is 9.09. The van der Waals surface area contributed by atoms with E-state index in [4.69, 9.17) is 4.42 Å². The van der Waals surface area contributed by atoms with Crippen LogP contribution in [0.1, 0.15) is 10.4 Å². The van der Waals surface area contributed by atoms with Gasteiger partial charge < -0.3 is 4.42 Å². The smallest absolute Gasteiger partial charge is 0.150 e. The van der Waals surface area contributed by atoms with Crippen molar-refractivity contribution < 1.29 is 9.21 Å². The Morgan fingerprint density at radius 3 is 2.53 bits per heavy atom. The van der Waals surface area contributed by atoms with Gasteiger partial charge in [-0.2, -0.15) is 0 Å². The Kier molecular flexibility index (Phi) is 2.26. The molecule has 2 heteroatoms. The number of para-hydroxylation sites is 1. The highest BCUT2D eigenvalue weighted by molar-refractivity contribution is 5.98. The Morgan fingerprint density at radius 2 is 1.65 bits per heavy atom. The van der Waals surface area contributed by atoms with E-state index in [1.165, 1.54) is 0 Å². The van der Waals surface area contributed by atoms with Crippen LogP contribution in [0.4, 0.5) is 0 Å². The van der Waals surface area contributed by atoms with Crippen molar-refractivity contribution in [3.63, 3.8) is 0 Å². The molecule has 1 aromatic heterocycles. The predicted octanol–water partition coefficient (Wildman–Crippen LogP) is 3.91. The van der Waals surface area contributed by atoms with E-state index >= 15 is 0 Å². The standard InChI is InChI=1S/C15H10O2/c16-9-11-5-1-2-6-12(11)14-10-17-15-8-4-3-7-13(14)15/h1-10H. The van der Waals surface area contributed by atoms with Gasteiger partial charge >= 0.3 is 0 Å². The molecule has 82 valence electrons. The lowest BCUT2D eigenvalue weighted by atomic mass is 10.00. The first-order valence-electron chi connectivity index (χ1n) is 5.41. The van der Waals surface area contributed by atoms with E-state index in [0.717, 1.165) is 28.4 Å². The van der Waals surface area contributed by atoms with Gasteiger partial charge in [0.05, 0.1) is 6.26 Å². The van der Waals surface area contributed by atoms with E-state index in [9.17, 15) is 4.79 Å². The third kappa shape index (κ3) is 1.54. The lowest BCUT2D eigenvalue weighted by Gasteiger charge is -2.01. The van der Waals surface area contributed by atoms with Crippen molar-refractivity contribution in [2.45, 2.75) is 0 Å². The van der Waals surface area contributed by atoms with Crippen LogP contribution in [0.2, 0.25) is 0 Å². The van der Waals surface area contributed by atoms with Gasteiger partial charge in [-0.25, -0.2) is 0 Å². The molecule has 0 amide bonds. The summed E-state index contributed by atoms with van der Waals surface area (Å²) in [5.74, 6) is 0. The molecule has 2 nitrogen and oxygen atoms in total. The second-order valence-corrected chi connectivity index (χ2v) is 3.85.